The molecule has 1 atom stereocenters. The minimum Gasteiger partial charge on any atom is -0.493 e. The molecule has 1 aliphatic heterocycles. The molecule has 1 aromatic rings. The van der Waals surface area contributed by atoms with Crippen LogP contribution in [0.4, 0.5) is 4.39 Å². The third-order valence-electron chi connectivity index (χ3n) is 4.14. The first-order valence-corrected chi connectivity index (χ1v) is 9.06. The van der Waals surface area contributed by atoms with E-state index in [4.69, 9.17) is 9.47 Å². The van der Waals surface area contributed by atoms with Crippen molar-refractivity contribution in [3.63, 3.8) is 0 Å². The largest absolute Gasteiger partial charge is 0.493 e. The number of benzene rings is 1. The molecule has 0 radical (unpaired) electrons. The maximum Gasteiger partial charge on any atom is 0.243 e. The van der Waals surface area contributed by atoms with Crippen molar-refractivity contribution in [1.29, 1.82) is 0 Å². The van der Waals surface area contributed by atoms with Crippen molar-refractivity contribution in [2.75, 3.05) is 33.9 Å². The number of halogens is 1. The Hall–Kier alpha value is -1.38. The SMILES string of the molecule is CCN1CCC[C@H]1CNS(=O)(=O)c1cc(OC)c(OC)cc1F. The Kier molecular flexibility index (Phi) is 5.83. The van der Waals surface area contributed by atoms with Crippen LogP contribution in [-0.4, -0.2) is 53.2 Å². The highest BCUT2D eigenvalue weighted by Crippen LogP contribution is 2.31. The van der Waals surface area contributed by atoms with Crippen molar-refractivity contribution in [1.82, 2.24) is 9.62 Å². The van der Waals surface area contributed by atoms with Crippen molar-refractivity contribution in [3.05, 3.63) is 17.9 Å². The molecule has 1 aromatic carbocycles. The van der Waals surface area contributed by atoms with Gasteiger partial charge >= 0.3 is 0 Å². The van der Waals surface area contributed by atoms with Gasteiger partial charge in [-0.25, -0.2) is 17.5 Å². The van der Waals surface area contributed by atoms with Crippen LogP contribution in [-0.2, 0) is 10.0 Å². The topological polar surface area (TPSA) is 67.9 Å². The van der Waals surface area contributed by atoms with Crippen LogP contribution in [0.2, 0.25) is 0 Å². The van der Waals surface area contributed by atoms with Gasteiger partial charge in [0.2, 0.25) is 10.0 Å². The molecule has 23 heavy (non-hydrogen) atoms. The fraction of sp³-hybridized carbons (Fsp3) is 0.600. The molecule has 1 aliphatic rings. The first-order chi connectivity index (χ1) is 10.9. The van der Waals surface area contributed by atoms with E-state index in [0.717, 1.165) is 38.1 Å². The van der Waals surface area contributed by atoms with Gasteiger partial charge in [0.25, 0.3) is 0 Å². The minimum atomic E-state index is -3.95. The van der Waals surface area contributed by atoms with Crippen molar-refractivity contribution in [2.45, 2.75) is 30.7 Å². The average Bonchev–Trinajstić information content (AvgIpc) is 3.00. The standard InChI is InChI=1S/C15H23FN2O4S/c1-4-18-7-5-6-11(18)10-17-23(19,20)15-9-14(22-3)13(21-2)8-12(15)16/h8-9,11,17H,4-7,10H2,1-3H3/t11-/m0/s1. The van der Waals surface area contributed by atoms with Crippen LogP contribution in [0.25, 0.3) is 0 Å². The van der Waals surface area contributed by atoms with Crippen LogP contribution in [0.1, 0.15) is 19.8 Å². The summed E-state index contributed by atoms with van der Waals surface area (Å²) in [5.74, 6) is -0.545. The Bertz CT molecular complexity index is 651. The lowest BCUT2D eigenvalue weighted by molar-refractivity contribution is 0.268. The molecule has 1 saturated heterocycles. The first kappa shape index (κ1) is 18.0. The lowest BCUT2D eigenvalue weighted by Gasteiger charge is -2.23. The monoisotopic (exact) mass is 346 g/mol. The van der Waals surface area contributed by atoms with Crippen molar-refractivity contribution < 1.29 is 22.3 Å². The fourth-order valence-electron chi connectivity index (χ4n) is 2.87. The summed E-state index contributed by atoms with van der Waals surface area (Å²) in [6.07, 6.45) is 1.98. The molecule has 6 nitrogen and oxygen atoms in total. The summed E-state index contributed by atoms with van der Waals surface area (Å²) in [6, 6.07) is 2.31. The molecular formula is C15H23FN2O4S. The summed E-state index contributed by atoms with van der Waals surface area (Å²) in [5, 5.41) is 0. The molecular weight excluding hydrogens is 323 g/mol. The number of likely N-dealkylation sites (N-methyl/N-ethyl adjacent to an activating group) is 1. The second kappa shape index (κ2) is 7.46. The predicted octanol–water partition coefficient (Wildman–Crippen LogP) is 1.61. The van der Waals surface area contributed by atoms with Gasteiger partial charge in [0.1, 0.15) is 10.7 Å². The zero-order chi connectivity index (χ0) is 17.0. The molecule has 130 valence electrons. The Morgan fingerprint density at radius 1 is 1.30 bits per heavy atom. The van der Waals surface area contributed by atoms with Crippen LogP contribution >= 0.6 is 0 Å². The number of ether oxygens (including phenoxy) is 2. The molecule has 8 heteroatoms. The fourth-order valence-corrected chi connectivity index (χ4v) is 4.01. The van der Waals surface area contributed by atoms with Gasteiger partial charge in [0.15, 0.2) is 11.5 Å². The quantitative estimate of drug-likeness (QED) is 0.812. The third-order valence-corrected chi connectivity index (χ3v) is 5.58. The number of hydrogen-bond acceptors (Lipinski definition) is 5. The van der Waals surface area contributed by atoms with Gasteiger partial charge in [-0.1, -0.05) is 6.92 Å². The highest BCUT2D eigenvalue weighted by Gasteiger charge is 2.27. The number of methoxy groups -OCH3 is 2. The van der Waals surface area contributed by atoms with Gasteiger partial charge < -0.3 is 9.47 Å². The average molecular weight is 346 g/mol. The molecule has 0 aromatic heterocycles. The van der Waals surface area contributed by atoms with Crippen LogP contribution in [0.3, 0.4) is 0 Å². The first-order valence-electron chi connectivity index (χ1n) is 7.58. The van der Waals surface area contributed by atoms with Gasteiger partial charge in [-0.15, -0.1) is 0 Å². The van der Waals surface area contributed by atoms with Gasteiger partial charge in [0, 0.05) is 24.7 Å². The lowest BCUT2D eigenvalue weighted by Crippen LogP contribution is -2.40. The smallest absolute Gasteiger partial charge is 0.243 e. The van der Waals surface area contributed by atoms with Crippen LogP contribution in [0, 0.1) is 5.82 Å². The van der Waals surface area contributed by atoms with E-state index >= 15 is 0 Å². The van der Waals surface area contributed by atoms with Crippen molar-refractivity contribution in [3.8, 4) is 11.5 Å². The molecule has 0 spiro atoms. The van der Waals surface area contributed by atoms with E-state index in [1.165, 1.54) is 14.2 Å². The number of nitrogens with one attached hydrogen (secondary N) is 1. The van der Waals surface area contributed by atoms with Crippen molar-refractivity contribution in [2.24, 2.45) is 0 Å². The predicted molar refractivity (Wildman–Crippen MR) is 85.0 cm³/mol. The third kappa shape index (κ3) is 3.94. The molecule has 0 unspecified atom stereocenters. The second-order valence-electron chi connectivity index (χ2n) is 5.41. The van der Waals surface area contributed by atoms with E-state index in [1.54, 1.807) is 0 Å². The molecule has 2 rings (SSSR count). The van der Waals surface area contributed by atoms with Gasteiger partial charge in [0.05, 0.1) is 14.2 Å². The summed E-state index contributed by atoms with van der Waals surface area (Å²) >= 11 is 0. The number of likely N-dealkylation sites (tertiary alicyclic amines) is 1. The Morgan fingerprint density at radius 2 is 1.96 bits per heavy atom. The van der Waals surface area contributed by atoms with E-state index in [0.29, 0.717) is 0 Å². The second-order valence-corrected chi connectivity index (χ2v) is 7.15. The van der Waals surface area contributed by atoms with Crippen molar-refractivity contribution >= 4 is 10.0 Å². The summed E-state index contributed by atoms with van der Waals surface area (Å²) in [4.78, 5) is 1.78. The highest BCUT2D eigenvalue weighted by atomic mass is 32.2. The molecule has 0 amide bonds. The van der Waals surface area contributed by atoms with E-state index in [-0.39, 0.29) is 24.1 Å². The zero-order valence-corrected chi connectivity index (χ0v) is 14.5. The van der Waals surface area contributed by atoms with Crippen LogP contribution in [0.5, 0.6) is 11.5 Å². The lowest BCUT2D eigenvalue weighted by atomic mass is 10.2. The molecule has 1 fully saturated rings. The highest BCUT2D eigenvalue weighted by molar-refractivity contribution is 7.89. The van der Waals surface area contributed by atoms with E-state index in [9.17, 15) is 12.8 Å². The van der Waals surface area contributed by atoms with E-state index in [1.807, 2.05) is 6.92 Å². The molecule has 1 N–H and O–H groups in total. The summed E-state index contributed by atoms with van der Waals surface area (Å²) in [7, 11) is -1.22. The molecule has 0 bridgehead atoms. The van der Waals surface area contributed by atoms with Gasteiger partial charge in [-0.05, 0) is 25.9 Å². The maximum absolute atomic E-state index is 14.1. The number of nitrogens with zero attached hydrogens (tertiary/aromatic N) is 1. The van der Waals surface area contributed by atoms with Crippen LogP contribution in [0.15, 0.2) is 17.0 Å². The number of rotatable bonds is 7. The molecule has 0 aliphatic carbocycles. The molecule has 0 saturated carbocycles. The summed E-state index contributed by atoms with van der Waals surface area (Å²) in [5.41, 5.74) is 0. The Morgan fingerprint density at radius 3 is 2.57 bits per heavy atom. The summed E-state index contributed by atoms with van der Waals surface area (Å²) < 4.78 is 51.5. The number of sulfonamides is 1. The van der Waals surface area contributed by atoms with E-state index < -0.39 is 20.7 Å². The number of hydrogen-bond donors (Lipinski definition) is 1. The maximum atomic E-state index is 14.1. The normalized spacial score (nSPS) is 19.0. The van der Waals surface area contributed by atoms with E-state index in [2.05, 4.69) is 9.62 Å². The van der Waals surface area contributed by atoms with Gasteiger partial charge in [-0.2, -0.15) is 0 Å². The zero-order valence-electron chi connectivity index (χ0n) is 13.6. The Labute approximate surface area is 136 Å². The van der Waals surface area contributed by atoms with Crippen LogP contribution < -0.4 is 14.2 Å². The van der Waals surface area contributed by atoms with Gasteiger partial charge in [-0.3, -0.25) is 4.90 Å². The molecule has 1 heterocycles. The minimum absolute atomic E-state index is 0.150. The summed E-state index contributed by atoms with van der Waals surface area (Å²) in [6.45, 7) is 4.15. The Balaban J connectivity index is 2.19.